The van der Waals surface area contributed by atoms with E-state index in [9.17, 15) is 23.1 Å². The Bertz CT molecular complexity index is 914. The van der Waals surface area contributed by atoms with Gasteiger partial charge in [0.2, 0.25) is 0 Å². The summed E-state index contributed by atoms with van der Waals surface area (Å²) in [5.74, 6) is 0.640. The molecule has 0 saturated heterocycles. The van der Waals surface area contributed by atoms with Crippen molar-refractivity contribution in [3.8, 4) is 5.75 Å². The van der Waals surface area contributed by atoms with Crippen LogP contribution >= 0.6 is 0 Å². The van der Waals surface area contributed by atoms with Crippen molar-refractivity contribution in [2.45, 2.75) is 39.1 Å². The van der Waals surface area contributed by atoms with Crippen molar-refractivity contribution in [1.82, 2.24) is 10.3 Å². The number of pyridine rings is 1. The van der Waals surface area contributed by atoms with Crippen molar-refractivity contribution in [2.24, 2.45) is 5.92 Å². The van der Waals surface area contributed by atoms with Crippen molar-refractivity contribution in [3.63, 3.8) is 0 Å². The molecule has 3 N–H and O–H groups in total. The van der Waals surface area contributed by atoms with Gasteiger partial charge >= 0.3 is 6.18 Å². The van der Waals surface area contributed by atoms with Gasteiger partial charge in [0, 0.05) is 17.2 Å². The fourth-order valence-electron chi connectivity index (χ4n) is 2.97. The Balaban J connectivity index is 1.51. The summed E-state index contributed by atoms with van der Waals surface area (Å²) in [5.41, 5.74) is 0.652. The normalized spacial score (nSPS) is 14.9. The van der Waals surface area contributed by atoms with Gasteiger partial charge in [-0.1, -0.05) is 0 Å². The molecule has 1 fully saturated rings. The number of halogens is 3. The minimum atomic E-state index is -4.40. The van der Waals surface area contributed by atoms with Gasteiger partial charge in [-0.2, -0.15) is 13.2 Å². The van der Waals surface area contributed by atoms with Gasteiger partial charge in [0.15, 0.2) is 0 Å². The first kappa shape index (κ1) is 21.9. The summed E-state index contributed by atoms with van der Waals surface area (Å²) in [7, 11) is 0. The number of aliphatic hydroxyl groups is 1. The molecule has 1 aromatic carbocycles. The second-order valence-corrected chi connectivity index (χ2v) is 7.39. The van der Waals surface area contributed by atoms with E-state index in [4.69, 9.17) is 4.74 Å². The molecule has 1 aliphatic carbocycles. The Morgan fingerprint density at radius 2 is 2.00 bits per heavy atom. The number of carbonyl (C=O) groups is 1. The molecule has 0 bridgehead atoms. The summed E-state index contributed by atoms with van der Waals surface area (Å²) in [6.45, 7) is 3.57. The molecular formula is C21H24F3N3O3. The Hall–Kier alpha value is -2.81. The van der Waals surface area contributed by atoms with E-state index in [2.05, 4.69) is 15.6 Å². The summed E-state index contributed by atoms with van der Waals surface area (Å²) >= 11 is 0. The van der Waals surface area contributed by atoms with Crippen molar-refractivity contribution in [1.29, 1.82) is 0 Å². The van der Waals surface area contributed by atoms with Gasteiger partial charge in [-0.15, -0.1) is 0 Å². The van der Waals surface area contributed by atoms with Crippen molar-refractivity contribution in [3.05, 3.63) is 52.7 Å². The van der Waals surface area contributed by atoms with Crippen molar-refractivity contribution in [2.75, 3.05) is 18.5 Å². The number of carbonyl (C=O) groups excluding carboxylic acids is 1. The van der Waals surface area contributed by atoms with Crippen LogP contribution in [0.25, 0.3) is 0 Å². The highest BCUT2D eigenvalue weighted by molar-refractivity contribution is 5.95. The molecule has 3 rings (SSSR count). The third kappa shape index (κ3) is 5.85. The summed E-state index contributed by atoms with van der Waals surface area (Å²) in [5, 5.41) is 15.6. The quantitative estimate of drug-likeness (QED) is 0.446. The van der Waals surface area contributed by atoms with E-state index >= 15 is 0 Å². The predicted molar refractivity (Wildman–Crippen MR) is 105 cm³/mol. The number of amides is 1. The molecule has 0 radical (unpaired) electrons. The van der Waals surface area contributed by atoms with E-state index < -0.39 is 18.0 Å². The lowest BCUT2D eigenvalue weighted by atomic mass is 10.1. The third-order valence-electron chi connectivity index (χ3n) is 4.73. The molecule has 1 aliphatic rings. The van der Waals surface area contributed by atoms with Crippen LogP contribution in [0.4, 0.5) is 19.0 Å². The van der Waals surface area contributed by atoms with E-state index in [-0.39, 0.29) is 25.0 Å². The van der Waals surface area contributed by atoms with Gasteiger partial charge in [0.25, 0.3) is 5.91 Å². The van der Waals surface area contributed by atoms with E-state index in [1.54, 1.807) is 19.1 Å². The fraction of sp³-hybridized carbons (Fsp3) is 0.429. The van der Waals surface area contributed by atoms with Crippen LogP contribution in [0.15, 0.2) is 30.3 Å². The van der Waals surface area contributed by atoms with Gasteiger partial charge < -0.3 is 20.5 Å². The molecule has 1 heterocycles. The molecule has 6 nitrogen and oxygen atoms in total. The average Bonchev–Trinajstić information content (AvgIpc) is 3.50. The van der Waals surface area contributed by atoms with E-state index in [0.29, 0.717) is 28.4 Å². The number of aliphatic hydroxyl groups excluding tert-OH is 1. The molecule has 1 saturated carbocycles. The predicted octanol–water partition coefficient (Wildman–Crippen LogP) is 3.67. The maximum absolute atomic E-state index is 12.7. The highest BCUT2D eigenvalue weighted by Gasteiger charge is 2.31. The molecule has 9 heteroatoms. The minimum absolute atomic E-state index is 0.105. The highest BCUT2D eigenvalue weighted by atomic mass is 19.4. The molecule has 1 amide bonds. The summed E-state index contributed by atoms with van der Waals surface area (Å²) < 4.78 is 43.6. The van der Waals surface area contributed by atoms with Crippen molar-refractivity contribution >= 4 is 11.7 Å². The lowest BCUT2D eigenvalue weighted by molar-refractivity contribution is -0.137. The van der Waals surface area contributed by atoms with Crippen LogP contribution in [-0.4, -0.2) is 35.4 Å². The van der Waals surface area contributed by atoms with Gasteiger partial charge in [-0.05, 0) is 62.6 Å². The second-order valence-electron chi connectivity index (χ2n) is 7.39. The first-order chi connectivity index (χ1) is 14.1. The largest absolute Gasteiger partial charge is 0.491 e. The molecule has 1 atom stereocenters. The Morgan fingerprint density at radius 3 is 2.63 bits per heavy atom. The molecule has 2 aromatic rings. The zero-order valence-corrected chi connectivity index (χ0v) is 16.7. The summed E-state index contributed by atoms with van der Waals surface area (Å²) in [6.07, 6.45) is -3.16. The number of alkyl halides is 3. The summed E-state index contributed by atoms with van der Waals surface area (Å²) in [6, 6.07) is 6.46. The number of nitrogens with zero attached hydrogens (tertiary/aromatic N) is 1. The minimum Gasteiger partial charge on any atom is -0.491 e. The van der Waals surface area contributed by atoms with Crippen LogP contribution in [0.5, 0.6) is 5.75 Å². The SMILES string of the molecule is Cc1cc(C(=O)NCCOc2ccc(C(F)(F)F)cc2C)cc(NC(O)C2CC2)n1. The van der Waals surface area contributed by atoms with Crippen LogP contribution in [0.1, 0.15) is 40.0 Å². The topological polar surface area (TPSA) is 83.5 Å². The molecular weight excluding hydrogens is 399 g/mol. The standard InChI is InChI=1S/C21H24F3N3O3/c1-12-9-16(21(22,23)24)5-6-17(12)30-8-7-25-19(28)15-10-13(2)26-18(11-15)27-20(29)14-3-4-14/h5-6,9-11,14,20,29H,3-4,7-8H2,1-2H3,(H,25,28)(H,26,27). The van der Waals surface area contributed by atoms with Gasteiger partial charge in [-0.3, -0.25) is 4.79 Å². The Morgan fingerprint density at radius 1 is 1.27 bits per heavy atom. The number of hydrogen-bond acceptors (Lipinski definition) is 5. The Kier molecular flexibility index (Phi) is 6.50. The molecule has 0 spiro atoms. The number of benzene rings is 1. The van der Waals surface area contributed by atoms with Crippen LogP contribution in [-0.2, 0) is 6.18 Å². The number of nitrogens with one attached hydrogen (secondary N) is 2. The van der Waals surface area contributed by atoms with Gasteiger partial charge in [0.05, 0.1) is 12.1 Å². The van der Waals surface area contributed by atoms with E-state index in [1.807, 2.05) is 0 Å². The zero-order valence-electron chi connectivity index (χ0n) is 16.7. The molecule has 0 aliphatic heterocycles. The van der Waals surface area contributed by atoms with Gasteiger partial charge in [0.1, 0.15) is 24.4 Å². The average molecular weight is 423 g/mol. The number of aromatic nitrogens is 1. The van der Waals surface area contributed by atoms with E-state index in [1.165, 1.54) is 13.0 Å². The molecule has 162 valence electrons. The second kappa shape index (κ2) is 8.91. The zero-order chi connectivity index (χ0) is 21.9. The molecule has 1 unspecified atom stereocenters. The smallest absolute Gasteiger partial charge is 0.416 e. The van der Waals surface area contributed by atoms with Gasteiger partial charge in [-0.25, -0.2) is 4.98 Å². The van der Waals surface area contributed by atoms with Crippen LogP contribution < -0.4 is 15.4 Å². The number of hydrogen-bond donors (Lipinski definition) is 3. The highest BCUT2D eigenvalue weighted by Crippen LogP contribution is 2.33. The first-order valence-electron chi connectivity index (χ1n) is 9.65. The van der Waals surface area contributed by atoms with Crippen LogP contribution in [0.3, 0.4) is 0 Å². The first-order valence-corrected chi connectivity index (χ1v) is 9.65. The molecule has 1 aromatic heterocycles. The summed E-state index contributed by atoms with van der Waals surface area (Å²) in [4.78, 5) is 16.7. The number of anilines is 1. The number of rotatable bonds is 8. The van der Waals surface area contributed by atoms with Crippen LogP contribution in [0, 0.1) is 19.8 Å². The third-order valence-corrected chi connectivity index (χ3v) is 4.73. The number of aryl methyl sites for hydroxylation is 2. The fourth-order valence-corrected chi connectivity index (χ4v) is 2.97. The Labute approximate surface area is 172 Å². The maximum Gasteiger partial charge on any atom is 0.416 e. The van der Waals surface area contributed by atoms with Crippen molar-refractivity contribution < 1.29 is 27.8 Å². The lowest BCUT2D eigenvalue weighted by Crippen LogP contribution is -2.28. The van der Waals surface area contributed by atoms with E-state index in [0.717, 1.165) is 25.0 Å². The van der Waals surface area contributed by atoms with Crippen LogP contribution in [0.2, 0.25) is 0 Å². The maximum atomic E-state index is 12.7. The lowest BCUT2D eigenvalue weighted by Gasteiger charge is -2.14. The monoisotopic (exact) mass is 423 g/mol. The number of ether oxygens (including phenoxy) is 1. The molecule has 30 heavy (non-hydrogen) atoms.